The first-order valence-electron chi connectivity index (χ1n) is 10.4. The number of nitrogens with two attached hydrogens (primary N) is 2. The number of carbonyl (C=O) groups is 2. The van der Waals surface area contributed by atoms with E-state index in [9.17, 15) is 9.59 Å². The molecule has 0 bridgehead atoms. The molecular formula is C23H30N6O2. The van der Waals surface area contributed by atoms with Crippen LogP contribution in [0.15, 0.2) is 48.5 Å². The van der Waals surface area contributed by atoms with Crippen molar-refractivity contribution in [1.29, 1.82) is 5.41 Å². The summed E-state index contributed by atoms with van der Waals surface area (Å²) in [6, 6.07) is 14.2. The highest BCUT2D eigenvalue weighted by molar-refractivity contribution is 5.95. The van der Waals surface area contributed by atoms with Crippen molar-refractivity contribution < 1.29 is 9.59 Å². The predicted molar refractivity (Wildman–Crippen MR) is 120 cm³/mol. The van der Waals surface area contributed by atoms with Crippen LogP contribution in [0, 0.1) is 5.41 Å². The predicted octanol–water partition coefficient (Wildman–Crippen LogP) is 0.696. The van der Waals surface area contributed by atoms with E-state index in [1.54, 1.807) is 19.1 Å². The molecule has 1 aliphatic heterocycles. The van der Waals surface area contributed by atoms with Crippen molar-refractivity contribution in [3.05, 3.63) is 70.8 Å². The summed E-state index contributed by atoms with van der Waals surface area (Å²) < 4.78 is 0. The third kappa shape index (κ3) is 5.90. The number of carbonyl (C=O) groups excluding carboxylic acids is 2. The molecule has 8 nitrogen and oxygen atoms in total. The Balaban J connectivity index is 1.47. The summed E-state index contributed by atoms with van der Waals surface area (Å²) in [6.45, 7) is 3.20. The molecule has 0 radical (unpaired) electrons. The molecule has 2 aromatic rings. The Morgan fingerprint density at radius 2 is 1.94 bits per heavy atom. The molecule has 3 rings (SSSR count). The summed E-state index contributed by atoms with van der Waals surface area (Å²) in [7, 11) is 0. The van der Waals surface area contributed by atoms with Crippen molar-refractivity contribution in [3.63, 3.8) is 0 Å². The second-order valence-corrected chi connectivity index (χ2v) is 7.90. The lowest BCUT2D eigenvalue weighted by molar-refractivity contribution is -0.129. The van der Waals surface area contributed by atoms with E-state index in [0.29, 0.717) is 31.6 Å². The Labute approximate surface area is 182 Å². The Bertz CT molecular complexity index is 943. The van der Waals surface area contributed by atoms with Crippen molar-refractivity contribution in [1.82, 2.24) is 16.0 Å². The summed E-state index contributed by atoms with van der Waals surface area (Å²) in [6.07, 6.45) is 0.677. The van der Waals surface area contributed by atoms with E-state index in [1.807, 2.05) is 24.3 Å². The fraction of sp³-hybridized carbons (Fsp3) is 0.348. The maximum atomic E-state index is 12.6. The molecule has 31 heavy (non-hydrogen) atoms. The molecule has 0 unspecified atom stereocenters. The highest BCUT2D eigenvalue weighted by Gasteiger charge is 2.31. The summed E-state index contributed by atoms with van der Waals surface area (Å²) in [5.74, 6) is -0.189. The van der Waals surface area contributed by atoms with Crippen molar-refractivity contribution in [3.8, 4) is 0 Å². The van der Waals surface area contributed by atoms with Crippen LogP contribution in [-0.4, -0.2) is 36.3 Å². The Kier molecular flexibility index (Phi) is 7.38. The van der Waals surface area contributed by atoms with Crippen LogP contribution in [0.3, 0.4) is 0 Å². The number of hydrogen-bond donors (Lipinski definition) is 6. The average molecular weight is 423 g/mol. The van der Waals surface area contributed by atoms with E-state index >= 15 is 0 Å². The van der Waals surface area contributed by atoms with Crippen LogP contribution in [0.4, 0.5) is 0 Å². The molecule has 1 saturated heterocycles. The molecule has 0 saturated carbocycles. The van der Waals surface area contributed by atoms with Crippen LogP contribution >= 0.6 is 0 Å². The molecule has 164 valence electrons. The van der Waals surface area contributed by atoms with Gasteiger partial charge in [-0.2, -0.15) is 0 Å². The molecule has 0 spiro atoms. The Hall–Kier alpha value is -3.23. The van der Waals surface area contributed by atoms with Crippen LogP contribution < -0.4 is 27.4 Å². The van der Waals surface area contributed by atoms with E-state index in [4.69, 9.17) is 16.9 Å². The lowest BCUT2D eigenvalue weighted by Gasteiger charge is -2.17. The Morgan fingerprint density at radius 3 is 2.61 bits per heavy atom. The third-order valence-electron chi connectivity index (χ3n) is 5.59. The first kappa shape index (κ1) is 22.5. The van der Waals surface area contributed by atoms with E-state index < -0.39 is 6.04 Å². The van der Waals surface area contributed by atoms with Crippen LogP contribution in [-0.2, 0) is 22.7 Å². The maximum Gasteiger partial charge on any atom is 0.242 e. The molecular weight excluding hydrogens is 392 g/mol. The van der Waals surface area contributed by atoms with Crippen LogP contribution in [0.2, 0.25) is 0 Å². The zero-order chi connectivity index (χ0) is 22.4. The van der Waals surface area contributed by atoms with Gasteiger partial charge in [-0.1, -0.05) is 48.5 Å². The van der Waals surface area contributed by atoms with Gasteiger partial charge in [0.05, 0.1) is 6.04 Å². The average Bonchev–Trinajstić information content (AvgIpc) is 3.28. The molecule has 0 aromatic heterocycles. The molecule has 0 aliphatic carbocycles. The third-order valence-corrected chi connectivity index (χ3v) is 5.59. The first-order valence-corrected chi connectivity index (χ1v) is 10.4. The molecule has 3 atom stereocenters. The smallest absolute Gasteiger partial charge is 0.242 e. The van der Waals surface area contributed by atoms with Crippen molar-refractivity contribution in [2.75, 3.05) is 6.54 Å². The molecule has 1 heterocycles. The highest BCUT2D eigenvalue weighted by atomic mass is 16.2. The van der Waals surface area contributed by atoms with Crippen molar-refractivity contribution in [2.45, 2.75) is 44.4 Å². The quantitative estimate of drug-likeness (QED) is 0.274. The van der Waals surface area contributed by atoms with Gasteiger partial charge < -0.3 is 27.4 Å². The van der Waals surface area contributed by atoms with Gasteiger partial charge >= 0.3 is 0 Å². The second kappa shape index (κ2) is 10.2. The summed E-state index contributed by atoms with van der Waals surface area (Å²) >= 11 is 0. The lowest BCUT2D eigenvalue weighted by Crippen LogP contribution is -2.49. The van der Waals surface area contributed by atoms with Crippen molar-refractivity contribution >= 4 is 17.6 Å². The minimum Gasteiger partial charge on any atom is -0.384 e. The standard InChI is InChI=1S/C23H30N6O2/c1-14(22(30)28-12-15-5-7-17(8-6-15)21(25)26)29-23(31)20-10-19(13-27-20)18-4-2-3-16(9-18)11-24/h2-9,14,19-20,27H,10-13,24H2,1H3,(H3,25,26)(H,28,30)(H,29,31)/t14-,19+,20+/m0/s1. The largest absolute Gasteiger partial charge is 0.384 e. The molecule has 8 heteroatoms. The topological polar surface area (TPSA) is 146 Å². The molecule has 1 aliphatic rings. The van der Waals surface area contributed by atoms with E-state index in [0.717, 1.165) is 11.1 Å². The maximum absolute atomic E-state index is 12.6. The van der Waals surface area contributed by atoms with E-state index in [2.05, 4.69) is 28.1 Å². The van der Waals surface area contributed by atoms with Gasteiger partial charge in [-0.15, -0.1) is 0 Å². The van der Waals surface area contributed by atoms with Gasteiger partial charge in [0.25, 0.3) is 0 Å². The minimum absolute atomic E-state index is 0.00164. The normalized spacial score (nSPS) is 18.9. The molecule has 2 aromatic carbocycles. The van der Waals surface area contributed by atoms with E-state index in [1.165, 1.54) is 5.56 Å². The van der Waals surface area contributed by atoms with Gasteiger partial charge in [0.1, 0.15) is 11.9 Å². The SMILES string of the molecule is C[C@H](NC(=O)[C@H]1C[C@@H](c2cccc(CN)c2)CN1)C(=O)NCc1ccc(C(=N)N)cc1. The van der Waals surface area contributed by atoms with Gasteiger partial charge in [-0.25, -0.2) is 0 Å². The molecule has 8 N–H and O–H groups in total. The summed E-state index contributed by atoms with van der Waals surface area (Å²) in [4.78, 5) is 25.0. The number of benzene rings is 2. The minimum atomic E-state index is -0.648. The zero-order valence-electron chi connectivity index (χ0n) is 17.7. The number of amides is 2. The van der Waals surface area contributed by atoms with Gasteiger partial charge in [-0.3, -0.25) is 15.0 Å². The molecule has 1 fully saturated rings. The monoisotopic (exact) mass is 422 g/mol. The number of amidine groups is 1. The number of nitrogens with one attached hydrogen (secondary N) is 4. The van der Waals surface area contributed by atoms with Gasteiger partial charge in [0, 0.05) is 25.2 Å². The van der Waals surface area contributed by atoms with Gasteiger partial charge in [0.2, 0.25) is 11.8 Å². The van der Waals surface area contributed by atoms with E-state index in [-0.39, 0.29) is 29.6 Å². The first-order chi connectivity index (χ1) is 14.9. The summed E-state index contributed by atoms with van der Waals surface area (Å²) in [5.41, 5.74) is 14.9. The van der Waals surface area contributed by atoms with Crippen LogP contribution in [0.1, 0.15) is 41.5 Å². The Morgan fingerprint density at radius 1 is 1.19 bits per heavy atom. The number of rotatable bonds is 8. The van der Waals surface area contributed by atoms with Gasteiger partial charge in [0.15, 0.2) is 0 Å². The number of hydrogen-bond acceptors (Lipinski definition) is 5. The zero-order valence-corrected chi connectivity index (χ0v) is 17.7. The van der Waals surface area contributed by atoms with Crippen LogP contribution in [0.5, 0.6) is 0 Å². The fourth-order valence-electron chi connectivity index (χ4n) is 3.69. The van der Waals surface area contributed by atoms with Crippen molar-refractivity contribution in [2.24, 2.45) is 11.5 Å². The van der Waals surface area contributed by atoms with Gasteiger partial charge in [-0.05, 0) is 36.0 Å². The van der Waals surface area contributed by atoms with Crippen LogP contribution in [0.25, 0.3) is 0 Å². The lowest BCUT2D eigenvalue weighted by atomic mass is 9.94. The number of nitrogen functional groups attached to an aromatic ring is 1. The highest BCUT2D eigenvalue weighted by Crippen LogP contribution is 2.26. The second-order valence-electron chi connectivity index (χ2n) is 7.90. The fourth-order valence-corrected chi connectivity index (χ4v) is 3.69. The summed E-state index contributed by atoms with van der Waals surface area (Å²) in [5, 5.41) is 16.3. The molecule has 2 amide bonds.